The van der Waals surface area contributed by atoms with Crippen LogP contribution in [0.1, 0.15) is 18.4 Å². The molecule has 1 aliphatic heterocycles. The van der Waals surface area contributed by atoms with Crippen LogP contribution in [-0.4, -0.2) is 41.9 Å². The molecule has 2 aromatic carbocycles. The number of nitrogens with zero attached hydrogens (tertiary/aromatic N) is 4. The molecular weight excluding hydrogens is 364 g/mol. The standard InChI is InChI=1S/C22H26N6O/c1-29-20-6-4-5-17(15-20)11-12-23-21-16-24-27-22(26-21)25-18-7-9-19(10-8-18)28-13-2-3-14-28/h4-10,15-16H,2-3,11-14H2,1H3,(H2,23,25,26,27). The molecule has 0 spiro atoms. The summed E-state index contributed by atoms with van der Waals surface area (Å²) in [6.45, 7) is 3.03. The Labute approximate surface area is 171 Å². The van der Waals surface area contributed by atoms with Crippen molar-refractivity contribution in [2.45, 2.75) is 19.3 Å². The average Bonchev–Trinajstić information content (AvgIpc) is 3.30. The number of rotatable bonds is 8. The van der Waals surface area contributed by atoms with Crippen LogP contribution in [0.5, 0.6) is 5.75 Å². The van der Waals surface area contributed by atoms with E-state index in [1.807, 2.05) is 18.2 Å². The lowest BCUT2D eigenvalue weighted by atomic mass is 10.1. The van der Waals surface area contributed by atoms with Gasteiger partial charge in [0.25, 0.3) is 0 Å². The van der Waals surface area contributed by atoms with Gasteiger partial charge < -0.3 is 20.3 Å². The Morgan fingerprint density at radius 2 is 1.90 bits per heavy atom. The third-order valence-corrected chi connectivity index (χ3v) is 5.01. The molecule has 1 fully saturated rings. The van der Waals surface area contributed by atoms with Gasteiger partial charge in [-0.25, -0.2) is 0 Å². The van der Waals surface area contributed by atoms with Crippen LogP contribution in [0.4, 0.5) is 23.1 Å². The lowest BCUT2D eigenvalue weighted by Gasteiger charge is -2.17. The summed E-state index contributed by atoms with van der Waals surface area (Å²) in [7, 11) is 1.68. The van der Waals surface area contributed by atoms with E-state index in [1.54, 1.807) is 13.3 Å². The molecule has 0 bridgehead atoms. The number of anilines is 4. The molecule has 1 aliphatic rings. The summed E-state index contributed by atoms with van der Waals surface area (Å²) in [5.41, 5.74) is 3.42. The molecule has 7 nitrogen and oxygen atoms in total. The Kier molecular flexibility index (Phi) is 6.04. The van der Waals surface area contributed by atoms with Crippen molar-refractivity contribution in [3.05, 3.63) is 60.3 Å². The summed E-state index contributed by atoms with van der Waals surface area (Å²) in [4.78, 5) is 6.91. The highest BCUT2D eigenvalue weighted by Crippen LogP contribution is 2.23. The molecule has 0 aliphatic carbocycles. The lowest BCUT2D eigenvalue weighted by molar-refractivity contribution is 0.414. The molecule has 0 atom stereocenters. The first kappa shape index (κ1) is 19.0. The fraction of sp³-hybridized carbons (Fsp3) is 0.318. The largest absolute Gasteiger partial charge is 0.497 e. The van der Waals surface area contributed by atoms with Crippen molar-refractivity contribution in [1.29, 1.82) is 0 Å². The van der Waals surface area contributed by atoms with Crippen LogP contribution in [0.2, 0.25) is 0 Å². The first-order chi connectivity index (χ1) is 14.3. The van der Waals surface area contributed by atoms with E-state index in [4.69, 9.17) is 4.74 Å². The van der Waals surface area contributed by atoms with Gasteiger partial charge in [-0.2, -0.15) is 10.1 Å². The molecular formula is C22H26N6O. The summed E-state index contributed by atoms with van der Waals surface area (Å²) in [5.74, 6) is 2.04. The van der Waals surface area contributed by atoms with Gasteiger partial charge >= 0.3 is 0 Å². The van der Waals surface area contributed by atoms with Crippen molar-refractivity contribution in [3.8, 4) is 5.75 Å². The van der Waals surface area contributed by atoms with E-state index in [-0.39, 0.29) is 0 Å². The van der Waals surface area contributed by atoms with Gasteiger partial charge in [0.2, 0.25) is 5.95 Å². The molecule has 3 aromatic rings. The molecule has 0 radical (unpaired) electrons. The zero-order valence-electron chi connectivity index (χ0n) is 16.6. The van der Waals surface area contributed by atoms with Crippen LogP contribution >= 0.6 is 0 Å². The maximum absolute atomic E-state index is 5.27. The monoisotopic (exact) mass is 390 g/mol. The maximum Gasteiger partial charge on any atom is 0.249 e. The quantitative estimate of drug-likeness (QED) is 0.604. The molecule has 29 heavy (non-hydrogen) atoms. The maximum atomic E-state index is 5.27. The van der Waals surface area contributed by atoms with E-state index < -0.39 is 0 Å². The minimum absolute atomic E-state index is 0.477. The number of methoxy groups -OCH3 is 1. The summed E-state index contributed by atoms with van der Waals surface area (Å²) < 4.78 is 5.27. The van der Waals surface area contributed by atoms with Crippen molar-refractivity contribution in [1.82, 2.24) is 15.2 Å². The molecule has 1 aromatic heterocycles. The third-order valence-electron chi connectivity index (χ3n) is 5.01. The Balaban J connectivity index is 1.32. The zero-order chi connectivity index (χ0) is 19.9. The molecule has 0 saturated carbocycles. The topological polar surface area (TPSA) is 75.2 Å². The first-order valence-electron chi connectivity index (χ1n) is 9.99. The van der Waals surface area contributed by atoms with Crippen LogP contribution in [0.3, 0.4) is 0 Å². The van der Waals surface area contributed by atoms with Gasteiger partial charge in [0.05, 0.1) is 13.3 Å². The SMILES string of the molecule is COc1cccc(CCNc2cnnc(Nc3ccc(N4CCCC4)cc3)n2)c1. The van der Waals surface area contributed by atoms with Gasteiger partial charge in [0, 0.05) is 31.0 Å². The van der Waals surface area contributed by atoms with Crippen LogP contribution in [0.25, 0.3) is 0 Å². The van der Waals surface area contributed by atoms with Gasteiger partial charge in [0.15, 0.2) is 5.82 Å². The highest BCUT2D eigenvalue weighted by Gasteiger charge is 2.12. The van der Waals surface area contributed by atoms with Gasteiger partial charge in [-0.05, 0) is 61.2 Å². The summed E-state index contributed by atoms with van der Waals surface area (Å²) in [6.07, 6.45) is 5.05. The Morgan fingerprint density at radius 1 is 1.07 bits per heavy atom. The second kappa shape index (κ2) is 9.23. The van der Waals surface area contributed by atoms with E-state index in [9.17, 15) is 0 Å². The van der Waals surface area contributed by atoms with Crippen molar-refractivity contribution in [2.24, 2.45) is 0 Å². The van der Waals surface area contributed by atoms with Gasteiger partial charge in [-0.3, -0.25) is 0 Å². The van der Waals surface area contributed by atoms with Crippen LogP contribution in [-0.2, 0) is 6.42 Å². The third kappa shape index (κ3) is 5.13. The van der Waals surface area contributed by atoms with E-state index >= 15 is 0 Å². The molecule has 7 heteroatoms. The summed E-state index contributed by atoms with van der Waals surface area (Å²) in [5, 5.41) is 14.7. The Hall–Kier alpha value is -3.35. The molecule has 4 rings (SSSR count). The molecule has 0 amide bonds. The minimum atomic E-state index is 0.477. The van der Waals surface area contributed by atoms with Crippen molar-refractivity contribution in [2.75, 3.05) is 42.3 Å². The van der Waals surface area contributed by atoms with E-state index in [1.165, 1.54) is 24.1 Å². The van der Waals surface area contributed by atoms with Crippen molar-refractivity contribution in [3.63, 3.8) is 0 Å². The van der Waals surface area contributed by atoms with Gasteiger partial charge in [-0.1, -0.05) is 12.1 Å². The molecule has 2 N–H and O–H groups in total. The van der Waals surface area contributed by atoms with Crippen molar-refractivity contribution >= 4 is 23.1 Å². The average molecular weight is 390 g/mol. The fourth-order valence-electron chi connectivity index (χ4n) is 3.46. The van der Waals surface area contributed by atoms with E-state index in [2.05, 4.69) is 61.0 Å². The van der Waals surface area contributed by atoms with Crippen LogP contribution < -0.4 is 20.3 Å². The number of hydrogen-bond donors (Lipinski definition) is 2. The van der Waals surface area contributed by atoms with E-state index in [0.29, 0.717) is 11.8 Å². The first-order valence-corrected chi connectivity index (χ1v) is 9.99. The number of nitrogens with one attached hydrogen (secondary N) is 2. The second-order valence-electron chi connectivity index (χ2n) is 7.06. The number of aromatic nitrogens is 3. The van der Waals surface area contributed by atoms with Crippen molar-refractivity contribution < 1.29 is 4.74 Å². The van der Waals surface area contributed by atoms with Crippen LogP contribution in [0.15, 0.2) is 54.7 Å². The Bertz CT molecular complexity index is 925. The predicted octanol–water partition coefficient (Wildman–Crippen LogP) is 3.88. The number of benzene rings is 2. The second-order valence-corrected chi connectivity index (χ2v) is 7.06. The molecule has 1 saturated heterocycles. The number of hydrogen-bond acceptors (Lipinski definition) is 7. The molecule has 0 unspecified atom stereocenters. The normalized spacial score (nSPS) is 13.3. The number of ether oxygens (including phenoxy) is 1. The lowest BCUT2D eigenvalue weighted by Crippen LogP contribution is -2.17. The van der Waals surface area contributed by atoms with Gasteiger partial charge in [0.1, 0.15) is 5.75 Å². The highest BCUT2D eigenvalue weighted by molar-refractivity contribution is 5.59. The van der Waals surface area contributed by atoms with Gasteiger partial charge in [-0.15, -0.1) is 5.10 Å². The van der Waals surface area contributed by atoms with E-state index in [0.717, 1.165) is 37.5 Å². The molecule has 150 valence electrons. The van der Waals surface area contributed by atoms with Crippen LogP contribution in [0, 0.1) is 0 Å². The zero-order valence-corrected chi connectivity index (χ0v) is 16.6. The minimum Gasteiger partial charge on any atom is -0.497 e. The summed E-state index contributed by atoms with van der Waals surface area (Å²) >= 11 is 0. The Morgan fingerprint density at radius 3 is 2.69 bits per heavy atom. The smallest absolute Gasteiger partial charge is 0.249 e. The summed E-state index contributed by atoms with van der Waals surface area (Å²) in [6, 6.07) is 16.5. The fourth-order valence-corrected chi connectivity index (χ4v) is 3.46. The predicted molar refractivity (Wildman–Crippen MR) is 116 cm³/mol. The highest BCUT2D eigenvalue weighted by atomic mass is 16.5. The molecule has 2 heterocycles.